The molecule has 1 aliphatic heterocycles. The van der Waals surface area contributed by atoms with Gasteiger partial charge in [-0.3, -0.25) is 9.79 Å². The number of hydrogen-bond acceptors (Lipinski definition) is 7. The third-order valence-corrected chi connectivity index (χ3v) is 4.00. The van der Waals surface area contributed by atoms with Gasteiger partial charge in [-0.15, -0.1) is 0 Å². The molecule has 1 aliphatic rings. The fourth-order valence-corrected chi connectivity index (χ4v) is 2.45. The summed E-state index contributed by atoms with van der Waals surface area (Å²) in [6.07, 6.45) is -1.15. The Kier molecular flexibility index (Phi) is 8.41. The Bertz CT molecular complexity index is 809. The monoisotopic (exact) mass is 420 g/mol. The minimum Gasteiger partial charge on any atom is -0.480 e. The summed E-state index contributed by atoms with van der Waals surface area (Å²) in [5.74, 6) is -1.92. The fourth-order valence-electron chi connectivity index (χ4n) is 2.45. The highest BCUT2D eigenvalue weighted by atomic mass is 16.6. The first kappa shape index (κ1) is 22.5. The predicted octanol–water partition coefficient (Wildman–Crippen LogP) is -0.709. The summed E-state index contributed by atoms with van der Waals surface area (Å²) < 4.78 is 4.99. The highest BCUT2D eigenvalue weighted by molar-refractivity contribution is 5.93. The average molecular weight is 420 g/mol. The topological polar surface area (TPSA) is 191 Å². The van der Waals surface area contributed by atoms with Crippen molar-refractivity contribution in [1.82, 2.24) is 10.6 Å². The van der Waals surface area contributed by atoms with Gasteiger partial charge < -0.3 is 36.8 Å². The molecule has 2 amide bonds. The predicted molar refractivity (Wildman–Crippen MR) is 106 cm³/mol. The van der Waals surface area contributed by atoms with Crippen molar-refractivity contribution in [3.05, 3.63) is 35.9 Å². The van der Waals surface area contributed by atoms with Gasteiger partial charge in [-0.2, -0.15) is 0 Å². The van der Waals surface area contributed by atoms with Crippen LogP contribution in [0.5, 0.6) is 0 Å². The molecular formula is C18H24N6O6. The van der Waals surface area contributed by atoms with Crippen LogP contribution in [0.1, 0.15) is 18.4 Å². The number of guanidine groups is 1. The van der Waals surface area contributed by atoms with Crippen molar-refractivity contribution in [2.75, 3.05) is 13.1 Å². The van der Waals surface area contributed by atoms with E-state index in [1.165, 1.54) is 0 Å². The lowest BCUT2D eigenvalue weighted by Gasteiger charge is -2.16. The third kappa shape index (κ3) is 7.66. The van der Waals surface area contributed by atoms with Gasteiger partial charge in [0.1, 0.15) is 12.6 Å². The number of nitrogens with zero attached hydrogens (tertiary/aromatic N) is 2. The van der Waals surface area contributed by atoms with E-state index in [0.717, 1.165) is 5.56 Å². The molecule has 0 bridgehead atoms. The number of nitrogens with one attached hydrogen (secondary N) is 2. The number of amides is 2. The molecule has 1 unspecified atom stereocenters. The molecular weight excluding hydrogens is 396 g/mol. The Morgan fingerprint density at radius 2 is 2.03 bits per heavy atom. The van der Waals surface area contributed by atoms with Crippen molar-refractivity contribution in [3.8, 4) is 0 Å². The minimum absolute atomic E-state index is 0.0126. The Morgan fingerprint density at radius 1 is 1.30 bits per heavy atom. The second-order valence-corrected chi connectivity index (χ2v) is 6.35. The van der Waals surface area contributed by atoms with Gasteiger partial charge in [0.25, 0.3) is 5.91 Å². The number of nitrogens with two attached hydrogens (primary N) is 2. The number of hydrogen-bond donors (Lipinski definition) is 5. The summed E-state index contributed by atoms with van der Waals surface area (Å²) in [6.45, 7) is -0.0476. The van der Waals surface area contributed by atoms with Crippen molar-refractivity contribution in [3.63, 3.8) is 0 Å². The van der Waals surface area contributed by atoms with Crippen LogP contribution >= 0.6 is 0 Å². The molecule has 0 spiro atoms. The molecule has 12 heteroatoms. The molecule has 30 heavy (non-hydrogen) atoms. The standard InChI is InChI=1S/C18H24N6O6/c19-17(20)21-7-6-12-8-14(30-24-12)15(25)22-9-13(16(26)27)23-18(28)29-10-11-4-2-1-3-5-11/h1-5,13-14H,6-10H2,(H,22,25)(H,23,28)(H,26,27)(H4,19,20,21)/t13-,14?/m0/s1. The Hall–Kier alpha value is -3.83. The van der Waals surface area contributed by atoms with E-state index in [2.05, 4.69) is 20.8 Å². The summed E-state index contributed by atoms with van der Waals surface area (Å²) in [6, 6.07) is 7.54. The number of aliphatic carboxylic acids is 1. The highest BCUT2D eigenvalue weighted by Crippen LogP contribution is 2.13. The zero-order valence-corrected chi connectivity index (χ0v) is 16.1. The smallest absolute Gasteiger partial charge is 0.408 e. The quantitative estimate of drug-likeness (QED) is 0.242. The second kappa shape index (κ2) is 11.2. The van der Waals surface area contributed by atoms with Crippen LogP contribution in [-0.4, -0.2) is 60.0 Å². The zero-order valence-electron chi connectivity index (χ0n) is 16.1. The minimum atomic E-state index is -1.37. The maximum absolute atomic E-state index is 12.2. The Labute approximate surface area is 172 Å². The van der Waals surface area contributed by atoms with Gasteiger partial charge in [-0.1, -0.05) is 35.5 Å². The number of ether oxygens (including phenoxy) is 1. The van der Waals surface area contributed by atoms with Crippen LogP contribution in [0.25, 0.3) is 0 Å². The number of rotatable bonds is 10. The van der Waals surface area contributed by atoms with Crippen LogP contribution in [0.4, 0.5) is 4.79 Å². The molecule has 1 aromatic rings. The molecule has 2 atom stereocenters. The molecule has 0 saturated heterocycles. The number of benzene rings is 1. The van der Waals surface area contributed by atoms with Crippen molar-refractivity contribution in [2.45, 2.75) is 31.6 Å². The summed E-state index contributed by atoms with van der Waals surface area (Å²) in [5.41, 5.74) is 11.8. The maximum atomic E-state index is 12.2. The highest BCUT2D eigenvalue weighted by Gasteiger charge is 2.29. The summed E-state index contributed by atoms with van der Waals surface area (Å²) in [7, 11) is 0. The number of alkyl carbamates (subject to hydrolysis) is 1. The van der Waals surface area contributed by atoms with E-state index in [-0.39, 0.29) is 25.5 Å². The van der Waals surface area contributed by atoms with E-state index in [1.807, 2.05) is 6.07 Å². The lowest BCUT2D eigenvalue weighted by molar-refractivity contribution is -0.139. The Morgan fingerprint density at radius 3 is 2.70 bits per heavy atom. The number of carboxylic acid groups (broad SMARTS) is 1. The SMILES string of the molecule is NC(N)=NCCC1=NOC(C(=O)NC[C@H](NC(=O)OCc2ccccc2)C(=O)O)C1. The average Bonchev–Trinajstić information content (AvgIpc) is 3.18. The maximum Gasteiger partial charge on any atom is 0.408 e. The van der Waals surface area contributed by atoms with Crippen LogP contribution in [0, 0.1) is 0 Å². The summed E-state index contributed by atoms with van der Waals surface area (Å²) in [5, 5.41) is 17.7. The van der Waals surface area contributed by atoms with Crippen molar-refractivity contribution in [2.24, 2.45) is 21.6 Å². The van der Waals surface area contributed by atoms with E-state index in [1.54, 1.807) is 24.3 Å². The van der Waals surface area contributed by atoms with Gasteiger partial charge in [-0.25, -0.2) is 9.59 Å². The van der Waals surface area contributed by atoms with Crippen molar-refractivity contribution in [1.29, 1.82) is 0 Å². The Balaban J connectivity index is 1.73. The number of carbonyl (C=O) groups is 3. The summed E-state index contributed by atoms with van der Waals surface area (Å²) >= 11 is 0. The largest absolute Gasteiger partial charge is 0.480 e. The van der Waals surface area contributed by atoms with Crippen molar-refractivity contribution >= 4 is 29.6 Å². The van der Waals surface area contributed by atoms with E-state index in [0.29, 0.717) is 18.7 Å². The van der Waals surface area contributed by atoms with Gasteiger partial charge in [0.2, 0.25) is 6.10 Å². The molecule has 1 aromatic carbocycles. The summed E-state index contributed by atoms with van der Waals surface area (Å²) in [4.78, 5) is 44.3. The van der Waals surface area contributed by atoms with Crippen LogP contribution < -0.4 is 22.1 Å². The van der Waals surface area contributed by atoms with Crippen LogP contribution in [0.3, 0.4) is 0 Å². The van der Waals surface area contributed by atoms with Gasteiger partial charge in [-0.05, 0) is 5.56 Å². The van der Waals surface area contributed by atoms with Gasteiger partial charge in [0.15, 0.2) is 5.96 Å². The van der Waals surface area contributed by atoms with E-state index in [9.17, 15) is 19.5 Å². The van der Waals surface area contributed by atoms with Crippen molar-refractivity contribution < 1.29 is 29.1 Å². The van der Waals surface area contributed by atoms with Crippen LogP contribution in [-0.2, 0) is 25.8 Å². The molecule has 0 radical (unpaired) electrons. The number of oxime groups is 1. The first-order valence-corrected chi connectivity index (χ1v) is 9.10. The molecule has 0 aromatic heterocycles. The third-order valence-electron chi connectivity index (χ3n) is 4.00. The first-order valence-electron chi connectivity index (χ1n) is 9.10. The fraction of sp³-hybridized carbons (Fsp3) is 0.389. The number of aliphatic imine (C=N–C) groups is 1. The molecule has 12 nitrogen and oxygen atoms in total. The molecule has 7 N–H and O–H groups in total. The normalized spacial score (nSPS) is 15.9. The lowest BCUT2D eigenvalue weighted by Crippen LogP contribution is -2.50. The number of carboxylic acids is 1. The number of carbonyl (C=O) groups excluding carboxylic acids is 2. The van der Waals surface area contributed by atoms with E-state index < -0.39 is 30.1 Å². The molecule has 0 aliphatic carbocycles. The first-order chi connectivity index (χ1) is 14.3. The molecule has 0 saturated carbocycles. The second-order valence-electron chi connectivity index (χ2n) is 6.35. The van der Waals surface area contributed by atoms with E-state index in [4.69, 9.17) is 21.0 Å². The van der Waals surface area contributed by atoms with Crippen LogP contribution in [0.2, 0.25) is 0 Å². The van der Waals surface area contributed by atoms with E-state index >= 15 is 0 Å². The molecule has 0 fully saturated rings. The van der Waals surface area contributed by atoms with Gasteiger partial charge in [0, 0.05) is 25.9 Å². The van der Waals surface area contributed by atoms with Gasteiger partial charge in [0.05, 0.1) is 5.71 Å². The molecule has 1 heterocycles. The van der Waals surface area contributed by atoms with Gasteiger partial charge >= 0.3 is 12.1 Å². The molecule has 2 rings (SSSR count). The van der Waals surface area contributed by atoms with Crippen LogP contribution in [0.15, 0.2) is 40.5 Å². The lowest BCUT2D eigenvalue weighted by atomic mass is 10.1. The molecule has 162 valence electrons. The zero-order chi connectivity index (χ0) is 21.9.